The van der Waals surface area contributed by atoms with Crippen LogP contribution in [0.25, 0.3) is 0 Å². The molecule has 0 spiro atoms. The third-order valence-electron chi connectivity index (χ3n) is 5.50. The first-order chi connectivity index (χ1) is 12.9. The van der Waals surface area contributed by atoms with Gasteiger partial charge >= 0.3 is 6.03 Å². The van der Waals surface area contributed by atoms with Crippen molar-refractivity contribution in [3.8, 4) is 0 Å². The van der Waals surface area contributed by atoms with Crippen LogP contribution in [0.4, 0.5) is 10.5 Å². The van der Waals surface area contributed by atoms with Gasteiger partial charge in [-0.25, -0.2) is 4.79 Å². The first kappa shape index (κ1) is 19.4. The molecule has 2 aromatic carbocycles. The van der Waals surface area contributed by atoms with Crippen molar-refractivity contribution in [2.75, 3.05) is 18.4 Å². The van der Waals surface area contributed by atoms with Crippen molar-refractivity contribution in [3.63, 3.8) is 0 Å². The van der Waals surface area contributed by atoms with E-state index in [-0.39, 0.29) is 12.1 Å². The first-order valence-electron chi connectivity index (χ1n) is 9.83. The van der Waals surface area contributed by atoms with Gasteiger partial charge in [0.05, 0.1) is 0 Å². The zero-order chi connectivity index (χ0) is 19.4. The maximum Gasteiger partial charge on any atom is 0.319 e. The van der Waals surface area contributed by atoms with Crippen molar-refractivity contribution in [1.29, 1.82) is 0 Å². The average Bonchev–Trinajstić information content (AvgIpc) is 2.61. The van der Waals surface area contributed by atoms with Crippen molar-refractivity contribution >= 4 is 11.7 Å². The van der Waals surface area contributed by atoms with E-state index in [9.17, 15) is 4.79 Å². The molecular formula is C23H31N3O. The summed E-state index contributed by atoms with van der Waals surface area (Å²) in [4.78, 5) is 15.0. The number of hydrogen-bond donors (Lipinski definition) is 2. The maximum atomic E-state index is 12.5. The summed E-state index contributed by atoms with van der Waals surface area (Å²) in [6, 6.07) is 16.7. The molecule has 2 atom stereocenters. The molecule has 1 aliphatic rings. The average molecular weight is 366 g/mol. The largest absolute Gasteiger partial charge is 0.335 e. The van der Waals surface area contributed by atoms with E-state index in [0.29, 0.717) is 11.8 Å². The third kappa shape index (κ3) is 5.10. The highest BCUT2D eigenvalue weighted by atomic mass is 16.2. The summed E-state index contributed by atoms with van der Waals surface area (Å²) in [7, 11) is 0. The van der Waals surface area contributed by atoms with Crippen molar-refractivity contribution in [2.45, 2.75) is 40.3 Å². The van der Waals surface area contributed by atoms with Crippen LogP contribution in [0.1, 0.15) is 30.5 Å². The lowest BCUT2D eigenvalue weighted by Crippen LogP contribution is -2.55. The molecule has 1 fully saturated rings. The van der Waals surface area contributed by atoms with Crippen LogP contribution in [0.2, 0.25) is 0 Å². The molecule has 1 saturated heterocycles. The Kier molecular flexibility index (Phi) is 6.17. The number of carbonyl (C=O) groups is 1. The highest BCUT2D eigenvalue weighted by Crippen LogP contribution is 2.24. The van der Waals surface area contributed by atoms with Crippen molar-refractivity contribution < 1.29 is 4.79 Å². The molecule has 144 valence electrons. The van der Waals surface area contributed by atoms with Crippen LogP contribution in [0.5, 0.6) is 0 Å². The van der Waals surface area contributed by atoms with Gasteiger partial charge in [-0.1, -0.05) is 61.9 Å². The minimum atomic E-state index is -0.109. The molecule has 27 heavy (non-hydrogen) atoms. The van der Waals surface area contributed by atoms with Crippen molar-refractivity contribution in [1.82, 2.24) is 10.2 Å². The lowest BCUT2D eigenvalue weighted by atomic mass is 9.85. The van der Waals surface area contributed by atoms with Crippen LogP contribution < -0.4 is 10.6 Å². The number of aryl methyl sites for hydroxylation is 2. The molecule has 0 bridgehead atoms. The minimum Gasteiger partial charge on any atom is -0.335 e. The molecule has 2 amide bonds. The Morgan fingerprint density at radius 2 is 1.70 bits per heavy atom. The Bertz CT molecular complexity index is 762. The van der Waals surface area contributed by atoms with E-state index in [1.54, 1.807) is 0 Å². The Morgan fingerprint density at radius 1 is 1.04 bits per heavy atom. The van der Waals surface area contributed by atoms with Crippen LogP contribution in [0.3, 0.4) is 0 Å². The predicted octanol–water partition coefficient (Wildman–Crippen LogP) is 4.58. The standard InChI is InChI=1S/C23H31N3O/c1-16-10-11-21(17(2)12-16)24-23(27)25-22-18(3)13-26(14-19(22)4)15-20-8-6-5-7-9-20/h5-12,18-19,22H,13-15H2,1-4H3,(H2,24,25,27)/t18-,19-/m1/s1. The van der Waals surface area contributed by atoms with Gasteiger partial charge in [0.2, 0.25) is 0 Å². The van der Waals surface area contributed by atoms with Crippen LogP contribution in [0.15, 0.2) is 48.5 Å². The zero-order valence-electron chi connectivity index (χ0n) is 16.8. The number of nitrogens with one attached hydrogen (secondary N) is 2. The normalized spacial score (nSPS) is 21.0. The fraction of sp³-hybridized carbons (Fsp3) is 0.435. The molecule has 4 heteroatoms. The van der Waals surface area contributed by atoms with Crippen LogP contribution >= 0.6 is 0 Å². The summed E-state index contributed by atoms with van der Waals surface area (Å²) in [6.07, 6.45) is 0. The summed E-state index contributed by atoms with van der Waals surface area (Å²) in [6.45, 7) is 11.5. The van der Waals surface area contributed by atoms with E-state index < -0.39 is 0 Å². The molecule has 0 aromatic heterocycles. The third-order valence-corrected chi connectivity index (χ3v) is 5.50. The minimum absolute atomic E-state index is 0.109. The SMILES string of the molecule is Cc1ccc(NC(=O)NC2[C@H](C)CN(Cc3ccccc3)C[C@H]2C)c(C)c1. The number of piperidine rings is 1. The van der Waals surface area contributed by atoms with E-state index in [1.807, 2.05) is 19.1 Å². The number of urea groups is 1. The number of nitrogens with zero attached hydrogens (tertiary/aromatic N) is 1. The molecule has 4 nitrogen and oxygen atoms in total. The monoisotopic (exact) mass is 365 g/mol. The number of hydrogen-bond acceptors (Lipinski definition) is 2. The number of carbonyl (C=O) groups excluding carboxylic acids is 1. The summed E-state index contributed by atoms with van der Waals surface area (Å²) in [5.41, 5.74) is 4.51. The smallest absolute Gasteiger partial charge is 0.319 e. The Labute approximate surface area is 163 Å². The molecule has 3 rings (SSSR count). The molecule has 1 aliphatic heterocycles. The van der Waals surface area contributed by atoms with Gasteiger partial charge in [0, 0.05) is 31.4 Å². The van der Waals surface area contributed by atoms with Gasteiger partial charge in [0.1, 0.15) is 0 Å². The Balaban J connectivity index is 1.56. The van der Waals surface area contributed by atoms with E-state index in [0.717, 1.165) is 30.9 Å². The quantitative estimate of drug-likeness (QED) is 0.833. The molecule has 1 heterocycles. The van der Waals surface area contributed by atoms with E-state index in [1.165, 1.54) is 11.1 Å². The van der Waals surface area contributed by atoms with E-state index in [4.69, 9.17) is 0 Å². The second-order valence-electron chi connectivity index (χ2n) is 8.08. The molecule has 2 N–H and O–H groups in total. The second-order valence-corrected chi connectivity index (χ2v) is 8.08. The van der Waals surface area contributed by atoms with Crippen molar-refractivity contribution in [3.05, 3.63) is 65.2 Å². The maximum absolute atomic E-state index is 12.5. The predicted molar refractivity (Wildman–Crippen MR) is 112 cm³/mol. The summed E-state index contributed by atoms with van der Waals surface area (Å²) >= 11 is 0. The van der Waals surface area contributed by atoms with Gasteiger partial charge in [-0.2, -0.15) is 0 Å². The number of amides is 2. The highest BCUT2D eigenvalue weighted by molar-refractivity contribution is 5.90. The summed E-state index contributed by atoms with van der Waals surface area (Å²) in [5.74, 6) is 0.810. The van der Waals surface area contributed by atoms with Gasteiger partial charge in [-0.15, -0.1) is 0 Å². The van der Waals surface area contributed by atoms with Crippen LogP contribution in [-0.2, 0) is 6.54 Å². The van der Waals surface area contributed by atoms with Gasteiger partial charge < -0.3 is 10.6 Å². The van der Waals surface area contributed by atoms with Gasteiger partial charge in [0.25, 0.3) is 0 Å². The first-order valence-corrected chi connectivity index (χ1v) is 9.83. The lowest BCUT2D eigenvalue weighted by Gasteiger charge is -2.41. The number of rotatable bonds is 4. The summed E-state index contributed by atoms with van der Waals surface area (Å²) < 4.78 is 0. The zero-order valence-corrected chi connectivity index (χ0v) is 16.8. The van der Waals surface area contributed by atoms with Gasteiger partial charge in [0.15, 0.2) is 0 Å². The fourth-order valence-corrected chi connectivity index (χ4v) is 4.20. The summed E-state index contributed by atoms with van der Waals surface area (Å²) in [5, 5.41) is 6.23. The Hall–Kier alpha value is -2.33. The molecule has 0 radical (unpaired) electrons. The topological polar surface area (TPSA) is 44.4 Å². The molecule has 2 aromatic rings. The molecule has 0 unspecified atom stereocenters. The number of benzene rings is 2. The van der Waals surface area contributed by atoms with E-state index >= 15 is 0 Å². The van der Waals surface area contributed by atoms with Gasteiger partial charge in [-0.05, 0) is 42.9 Å². The highest BCUT2D eigenvalue weighted by Gasteiger charge is 2.32. The van der Waals surface area contributed by atoms with Crippen molar-refractivity contribution in [2.24, 2.45) is 11.8 Å². The fourth-order valence-electron chi connectivity index (χ4n) is 4.20. The lowest BCUT2D eigenvalue weighted by molar-refractivity contribution is 0.0994. The number of anilines is 1. The number of likely N-dealkylation sites (tertiary alicyclic amines) is 1. The molecule has 0 aliphatic carbocycles. The molecular weight excluding hydrogens is 334 g/mol. The Morgan fingerprint density at radius 3 is 2.33 bits per heavy atom. The molecule has 0 saturated carbocycles. The second kappa shape index (κ2) is 8.57. The van der Waals surface area contributed by atoms with Crippen LogP contribution in [-0.4, -0.2) is 30.1 Å². The van der Waals surface area contributed by atoms with Crippen LogP contribution in [0, 0.1) is 25.7 Å². The van der Waals surface area contributed by atoms with Gasteiger partial charge in [-0.3, -0.25) is 4.90 Å². The van der Waals surface area contributed by atoms with E-state index in [2.05, 4.69) is 72.7 Å².